The van der Waals surface area contributed by atoms with Crippen molar-refractivity contribution < 1.29 is 0 Å². The van der Waals surface area contributed by atoms with E-state index in [1.807, 2.05) is 5.38 Å². The minimum atomic E-state index is 0.421. The van der Waals surface area contributed by atoms with Crippen molar-refractivity contribution in [1.82, 2.24) is 4.98 Å². The van der Waals surface area contributed by atoms with Crippen LogP contribution in [-0.2, 0) is 0 Å². The normalized spacial score (nSPS) is 11.4. The van der Waals surface area contributed by atoms with Crippen LogP contribution in [0.25, 0.3) is 0 Å². The Kier molecular flexibility index (Phi) is 2.17. The van der Waals surface area contributed by atoms with Crippen molar-refractivity contribution in [3.05, 3.63) is 29.4 Å². The van der Waals surface area contributed by atoms with E-state index in [0.717, 1.165) is 5.01 Å². The number of aliphatic imine (C=N–C) groups is 1. The quantitative estimate of drug-likeness (QED) is 0.509. The topological polar surface area (TPSA) is 51.3 Å². The van der Waals surface area contributed by atoms with Crippen molar-refractivity contribution in [2.45, 2.75) is 0 Å². The number of nitrogens with zero attached hydrogens (tertiary/aromatic N) is 2. The lowest BCUT2D eigenvalue weighted by Crippen LogP contribution is -2.11. The number of amidine groups is 1. The van der Waals surface area contributed by atoms with Crippen LogP contribution in [0.3, 0.4) is 0 Å². The molecule has 0 fully saturated rings. The van der Waals surface area contributed by atoms with Gasteiger partial charge in [-0.15, -0.1) is 11.3 Å². The third kappa shape index (κ3) is 1.41. The number of rotatable bonds is 2. The minimum absolute atomic E-state index is 0.421. The third-order valence-electron chi connectivity index (χ3n) is 0.882. The molecule has 1 aromatic rings. The second-order valence-corrected chi connectivity index (χ2v) is 2.43. The standard InChI is InChI=1S/C6H7N3S/c1-2-8-5(7)6-9-3-4-10-6/h2-4H,1H2,(H2,7,8). The lowest BCUT2D eigenvalue weighted by molar-refractivity contribution is 1.36. The van der Waals surface area contributed by atoms with E-state index in [2.05, 4.69) is 16.6 Å². The molecule has 0 radical (unpaired) electrons. The summed E-state index contributed by atoms with van der Waals surface area (Å²) in [6, 6.07) is 0. The first-order valence-electron chi connectivity index (χ1n) is 2.68. The monoisotopic (exact) mass is 153 g/mol. The average Bonchev–Trinajstić information content (AvgIpc) is 2.38. The van der Waals surface area contributed by atoms with E-state index >= 15 is 0 Å². The van der Waals surface area contributed by atoms with Gasteiger partial charge in [-0.05, 0) is 0 Å². The molecule has 1 rings (SSSR count). The van der Waals surface area contributed by atoms with Crippen molar-refractivity contribution in [3.63, 3.8) is 0 Å². The van der Waals surface area contributed by atoms with Crippen LogP contribution in [0.15, 0.2) is 29.3 Å². The molecular weight excluding hydrogens is 146 g/mol. The molecule has 2 N–H and O–H groups in total. The van der Waals surface area contributed by atoms with Crippen LogP contribution in [0.1, 0.15) is 5.01 Å². The maximum Gasteiger partial charge on any atom is 0.159 e. The molecule has 0 saturated heterocycles. The summed E-state index contributed by atoms with van der Waals surface area (Å²) in [5, 5.41) is 2.58. The summed E-state index contributed by atoms with van der Waals surface area (Å²) in [5.74, 6) is 0.421. The van der Waals surface area contributed by atoms with Gasteiger partial charge in [0.25, 0.3) is 0 Å². The molecule has 0 aliphatic rings. The summed E-state index contributed by atoms with van der Waals surface area (Å²) in [6.07, 6.45) is 3.09. The smallest absolute Gasteiger partial charge is 0.159 e. The van der Waals surface area contributed by atoms with Gasteiger partial charge in [-0.25, -0.2) is 9.98 Å². The summed E-state index contributed by atoms with van der Waals surface area (Å²) in [6.45, 7) is 3.42. The lowest BCUT2D eigenvalue weighted by atomic mass is 10.6. The molecule has 0 amide bonds. The maximum atomic E-state index is 5.48. The molecule has 0 aliphatic carbocycles. The molecule has 0 aliphatic heterocycles. The van der Waals surface area contributed by atoms with Crippen LogP contribution in [-0.4, -0.2) is 10.8 Å². The molecule has 0 atom stereocenters. The van der Waals surface area contributed by atoms with Gasteiger partial charge in [0.05, 0.1) is 0 Å². The highest BCUT2D eigenvalue weighted by Gasteiger charge is 1.97. The highest BCUT2D eigenvalue weighted by Crippen LogP contribution is 2.02. The van der Waals surface area contributed by atoms with E-state index in [1.165, 1.54) is 17.5 Å². The Balaban J connectivity index is 2.86. The Morgan fingerprint density at radius 1 is 1.90 bits per heavy atom. The molecule has 4 heteroatoms. The van der Waals surface area contributed by atoms with Crippen LogP contribution in [0, 0.1) is 0 Å². The van der Waals surface area contributed by atoms with Gasteiger partial charge in [-0.3, -0.25) is 0 Å². The van der Waals surface area contributed by atoms with Gasteiger partial charge >= 0.3 is 0 Å². The van der Waals surface area contributed by atoms with Gasteiger partial charge in [-0.2, -0.15) is 0 Å². The number of aromatic nitrogens is 1. The summed E-state index contributed by atoms with van der Waals surface area (Å²) in [5.41, 5.74) is 5.48. The van der Waals surface area contributed by atoms with Crippen LogP contribution in [0.4, 0.5) is 0 Å². The van der Waals surface area contributed by atoms with Gasteiger partial charge < -0.3 is 5.73 Å². The fraction of sp³-hybridized carbons (Fsp3) is 0. The van der Waals surface area contributed by atoms with E-state index in [0.29, 0.717) is 5.84 Å². The molecule has 3 nitrogen and oxygen atoms in total. The molecule has 0 unspecified atom stereocenters. The third-order valence-corrected chi connectivity index (χ3v) is 1.68. The van der Waals surface area contributed by atoms with Crippen molar-refractivity contribution >= 4 is 17.2 Å². The maximum absolute atomic E-state index is 5.48. The number of hydrogen-bond donors (Lipinski definition) is 1. The Labute approximate surface area is 62.9 Å². The number of hydrogen-bond acceptors (Lipinski definition) is 3. The van der Waals surface area contributed by atoms with Gasteiger partial charge in [0.2, 0.25) is 0 Å². The molecule has 1 aromatic heterocycles. The van der Waals surface area contributed by atoms with E-state index in [4.69, 9.17) is 5.73 Å². The minimum Gasteiger partial charge on any atom is -0.381 e. The van der Waals surface area contributed by atoms with Crippen LogP contribution < -0.4 is 5.73 Å². The Hall–Kier alpha value is -1.16. The van der Waals surface area contributed by atoms with Crippen molar-refractivity contribution in [3.8, 4) is 0 Å². The summed E-state index contributed by atoms with van der Waals surface area (Å²) >= 11 is 1.46. The molecule has 10 heavy (non-hydrogen) atoms. The van der Waals surface area contributed by atoms with Gasteiger partial charge in [-0.1, -0.05) is 6.58 Å². The van der Waals surface area contributed by atoms with E-state index < -0.39 is 0 Å². The zero-order chi connectivity index (χ0) is 7.40. The van der Waals surface area contributed by atoms with E-state index in [-0.39, 0.29) is 0 Å². The fourth-order valence-corrected chi connectivity index (χ4v) is 1.05. The second-order valence-electron chi connectivity index (χ2n) is 1.53. The molecule has 0 spiro atoms. The zero-order valence-electron chi connectivity index (χ0n) is 5.32. The SMILES string of the molecule is C=CN=C(N)c1nccs1. The fourth-order valence-electron chi connectivity index (χ4n) is 0.504. The first-order chi connectivity index (χ1) is 4.84. The van der Waals surface area contributed by atoms with Crippen molar-refractivity contribution in [1.29, 1.82) is 0 Å². The van der Waals surface area contributed by atoms with Gasteiger partial charge in [0.1, 0.15) is 0 Å². The summed E-state index contributed by atoms with van der Waals surface area (Å²) < 4.78 is 0. The highest BCUT2D eigenvalue weighted by molar-refractivity contribution is 7.11. The first-order valence-corrected chi connectivity index (χ1v) is 3.56. The molecule has 0 aromatic carbocycles. The lowest BCUT2D eigenvalue weighted by Gasteiger charge is -1.88. The van der Waals surface area contributed by atoms with E-state index in [1.54, 1.807) is 6.20 Å². The van der Waals surface area contributed by atoms with Gasteiger partial charge in [0, 0.05) is 17.8 Å². The summed E-state index contributed by atoms with van der Waals surface area (Å²) in [4.78, 5) is 7.72. The number of nitrogens with two attached hydrogens (primary N) is 1. The predicted molar refractivity (Wildman–Crippen MR) is 43.0 cm³/mol. The van der Waals surface area contributed by atoms with Crippen molar-refractivity contribution in [2.24, 2.45) is 10.7 Å². The average molecular weight is 153 g/mol. The van der Waals surface area contributed by atoms with Crippen LogP contribution in [0.5, 0.6) is 0 Å². The molecule has 0 bridgehead atoms. The largest absolute Gasteiger partial charge is 0.381 e. The van der Waals surface area contributed by atoms with Crippen LogP contribution >= 0.6 is 11.3 Å². The molecular formula is C6H7N3S. The second kappa shape index (κ2) is 3.12. The predicted octanol–water partition coefficient (Wildman–Crippen LogP) is 0.992. The first kappa shape index (κ1) is 6.95. The van der Waals surface area contributed by atoms with Crippen LogP contribution in [0.2, 0.25) is 0 Å². The van der Waals surface area contributed by atoms with Crippen molar-refractivity contribution in [2.75, 3.05) is 0 Å². The van der Waals surface area contributed by atoms with E-state index in [9.17, 15) is 0 Å². The molecule has 1 heterocycles. The summed E-state index contributed by atoms with van der Waals surface area (Å²) in [7, 11) is 0. The Morgan fingerprint density at radius 3 is 3.20 bits per heavy atom. The molecule has 52 valence electrons. The Bertz CT molecular complexity index is 238. The highest BCUT2D eigenvalue weighted by atomic mass is 32.1. The number of thiazole rings is 1. The van der Waals surface area contributed by atoms with Gasteiger partial charge in [0.15, 0.2) is 10.8 Å². The molecule has 0 saturated carbocycles. The zero-order valence-corrected chi connectivity index (χ0v) is 6.14. The Morgan fingerprint density at radius 2 is 2.70 bits per heavy atom.